The minimum absolute atomic E-state index is 0.0288. The summed E-state index contributed by atoms with van der Waals surface area (Å²) >= 11 is 0. The number of nitrogens with one attached hydrogen (secondary N) is 2. The molecule has 2 unspecified atom stereocenters. The number of fused-ring (bicyclic) bond motifs is 8. The summed E-state index contributed by atoms with van der Waals surface area (Å²) in [5.41, 5.74) is 13.1. The van der Waals surface area contributed by atoms with Crippen LogP contribution in [0.5, 0.6) is 23.3 Å². The van der Waals surface area contributed by atoms with E-state index in [0.29, 0.717) is 56.0 Å². The van der Waals surface area contributed by atoms with Gasteiger partial charge in [-0.05, 0) is 140 Å². The lowest BCUT2D eigenvalue weighted by molar-refractivity contribution is -0.137. The van der Waals surface area contributed by atoms with E-state index < -0.39 is 59.3 Å². The average Bonchev–Trinajstić information content (AvgIpc) is 1.62. The van der Waals surface area contributed by atoms with Gasteiger partial charge in [0.25, 0.3) is 23.6 Å². The van der Waals surface area contributed by atoms with Gasteiger partial charge in [-0.1, -0.05) is 30.2 Å². The molecule has 0 radical (unpaired) electrons. The van der Waals surface area contributed by atoms with Crippen LogP contribution in [0.25, 0.3) is 65.9 Å². The number of pyridine rings is 6. The molecule has 12 aromatic rings. The zero-order valence-electron chi connectivity index (χ0n) is 64.3. The van der Waals surface area contributed by atoms with E-state index in [-0.39, 0.29) is 91.2 Å². The largest absolute Gasteiger partial charge is 0.489 e. The summed E-state index contributed by atoms with van der Waals surface area (Å²) < 4.78 is 40.9. The van der Waals surface area contributed by atoms with E-state index in [9.17, 15) is 38.4 Å². The van der Waals surface area contributed by atoms with Gasteiger partial charge in [-0.15, -0.1) is 0 Å². The predicted octanol–water partition coefficient (Wildman–Crippen LogP) is 10.2. The molecule has 2 N–H and O–H groups in total. The molecule has 2 saturated carbocycles. The van der Waals surface area contributed by atoms with Gasteiger partial charge in [0.1, 0.15) is 60.3 Å². The first-order valence-electron chi connectivity index (χ1n) is 39.6. The Kier molecular flexibility index (Phi) is 19.6. The number of ether oxygens (including phenoxy) is 6. The van der Waals surface area contributed by atoms with Gasteiger partial charge in [0.2, 0.25) is 35.4 Å². The van der Waals surface area contributed by atoms with E-state index in [4.69, 9.17) is 28.4 Å². The van der Waals surface area contributed by atoms with Crippen molar-refractivity contribution in [1.29, 1.82) is 0 Å². The van der Waals surface area contributed by atoms with Crippen LogP contribution in [0.1, 0.15) is 111 Å². The van der Waals surface area contributed by atoms with Crippen molar-refractivity contribution in [1.82, 2.24) is 59.5 Å². The van der Waals surface area contributed by atoms with Gasteiger partial charge < -0.3 is 47.4 Å². The Balaban J connectivity index is 0.000000157. The second-order valence-electron chi connectivity index (χ2n) is 30.9. The molecule has 20 rings (SSSR count). The lowest BCUT2D eigenvalue weighted by atomic mass is 9.92. The van der Waals surface area contributed by atoms with Crippen molar-refractivity contribution < 1.29 is 66.8 Å². The molecule has 118 heavy (non-hydrogen) atoms. The van der Waals surface area contributed by atoms with E-state index in [1.165, 1.54) is 10.8 Å². The molecule has 2 aliphatic carbocycles. The number of aryl methyl sites for hydroxylation is 3. The number of anilines is 2. The average molecular weight is 1580 g/mol. The van der Waals surface area contributed by atoms with Crippen LogP contribution in [0.15, 0.2) is 183 Å². The third-order valence-corrected chi connectivity index (χ3v) is 23.4. The van der Waals surface area contributed by atoms with Crippen LogP contribution in [0.4, 0.5) is 11.4 Å². The number of aromatic nitrogens is 8. The van der Waals surface area contributed by atoms with E-state index in [1.807, 2.05) is 103 Å². The van der Waals surface area contributed by atoms with Crippen molar-refractivity contribution in [2.24, 2.45) is 14.1 Å². The third-order valence-electron chi connectivity index (χ3n) is 23.4. The zero-order valence-corrected chi connectivity index (χ0v) is 64.3. The first kappa shape index (κ1) is 74.3. The SMILES string of the molecule is Cn1c2ccncc2c2ccc(-c3ccc(OC4CC(Oc5ccc(C#CCOC6CN(c7ccc8c(c7)C(=O)N(C7CCC(=O)NC7=O)C8=O)C6)nc5)C4)nc3)cc21.Cn1c2ccncc2c2ccc(-c3ccc(OC4CC(Oc5ccc(CCCOC6CN(c7ccc8c(c7)C(=O)N(C7CCC(=O)NC7=O)C8=O)C6)nc5)C4)nc3)cc21. The maximum atomic E-state index is 13.2. The molecule has 0 spiro atoms. The summed E-state index contributed by atoms with van der Waals surface area (Å²) in [7, 11) is 4.15. The maximum absolute atomic E-state index is 13.2. The molecule has 8 aromatic heterocycles. The summed E-state index contributed by atoms with van der Waals surface area (Å²) in [5.74, 6) is 4.55. The highest BCUT2D eigenvalue weighted by Crippen LogP contribution is 2.39. The van der Waals surface area contributed by atoms with Crippen LogP contribution in [0.3, 0.4) is 0 Å². The number of rotatable bonds is 21. The van der Waals surface area contributed by atoms with Crippen molar-refractivity contribution in [3.63, 3.8) is 0 Å². The normalized spacial score (nSPS) is 20.3. The Labute approximate surface area is 675 Å². The van der Waals surface area contributed by atoms with Gasteiger partial charge in [0.15, 0.2) is 0 Å². The molecular weight excluding hydrogens is 1500 g/mol. The second kappa shape index (κ2) is 31.1. The molecule has 28 heteroatoms. The fourth-order valence-electron chi connectivity index (χ4n) is 16.6. The Morgan fingerprint density at radius 1 is 0.424 bits per heavy atom. The molecule has 592 valence electrons. The van der Waals surface area contributed by atoms with Crippen molar-refractivity contribution in [2.45, 2.75) is 113 Å². The minimum atomic E-state index is -0.993. The standard InChI is InChI=1S/C45H41N7O7.C45H37N7O7/c2*1-50-38-14-15-46-23-37(38)34-9-4-26(17-40(34)50)27-5-13-42(48-21-27)59-32-19-31(20-32)58-30-8-6-28(47-22-30)3-2-16-57-33-24-51(25-33)29-7-10-35-36(18-29)45(56)52(44(35)55)39-11-12-41(53)49-43(39)54/h4-10,13-15,17-18,21-23,31-33,39H,2-3,11-12,16,19-20,24-25H2,1H3,(H,49,53,54);4-10,13-15,17-18,21-23,31-33,39H,11-12,16,19-20,24-25H2,1H3,(H,49,53,54). The maximum Gasteiger partial charge on any atom is 0.262 e. The smallest absolute Gasteiger partial charge is 0.262 e. The molecule has 14 heterocycles. The quantitative estimate of drug-likeness (QED) is 0.0384. The number of amides is 8. The summed E-state index contributed by atoms with van der Waals surface area (Å²) in [4.78, 5) is 133. The van der Waals surface area contributed by atoms with Crippen molar-refractivity contribution in [3.05, 3.63) is 217 Å². The van der Waals surface area contributed by atoms with Crippen molar-refractivity contribution >= 4 is 102 Å². The second-order valence-corrected chi connectivity index (χ2v) is 30.9. The Hall–Kier alpha value is -13.8. The number of carbonyl (C=O) groups is 8. The van der Waals surface area contributed by atoms with Crippen LogP contribution in [-0.2, 0) is 49.2 Å². The number of hydrogen-bond acceptors (Lipinski definition) is 22. The predicted molar refractivity (Wildman–Crippen MR) is 433 cm³/mol. The van der Waals surface area contributed by atoms with Crippen LogP contribution in [0.2, 0.25) is 0 Å². The van der Waals surface area contributed by atoms with E-state index >= 15 is 0 Å². The van der Waals surface area contributed by atoms with Gasteiger partial charge in [0, 0.05) is 195 Å². The number of carbonyl (C=O) groups excluding carboxylic acids is 8. The summed E-state index contributed by atoms with van der Waals surface area (Å²) in [6.45, 7) is 3.36. The molecule has 0 bridgehead atoms. The van der Waals surface area contributed by atoms with Gasteiger partial charge in [0.05, 0.1) is 57.9 Å². The van der Waals surface area contributed by atoms with Crippen LogP contribution < -0.4 is 39.4 Å². The molecule has 6 fully saturated rings. The highest BCUT2D eigenvalue weighted by atomic mass is 16.5. The van der Waals surface area contributed by atoms with Crippen LogP contribution in [0, 0.1) is 11.8 Å². The van der Waals surface area contributed by atoms with Crippen LogP contribution >= 0.6 is 0 Å². The summed E-state index contributed by atoms with van der Waals surface area (Å²) in [5, 5.41) is 9.09. The minimum Gasteiger partial charge on any atom is -0.489 e. The van der Waals surface area contributed by atoms with Gasteiger partial charge >= 0.3 is 0 Å². The fourth-order valence-corrected chi connectivity index (χ4v) is 16.6. The third kappa shape index (κ3) is 14.6. The molecule has 28 nitrogen and oxygen atoms in total. The monoisotopic (exact) mass is 1580 g/mol. The number of hydrogen-bond donors (Lipinski definition) is 2. The lowest BCUT2D eigenvalue weighted by Gasteiger charge is -2.40. The first-order valence-corrected chi connectivity index (χ1v) is 39.6. The summed E-state index contributed by atoms with van der Waals surface area (Å²) in [6.07, 6.45) is 19.9. The van der Waals surface area contributed by atoms with E-state index in [0.717, 1.165) is 126 Å². The van der Waals surface area contributed by atoms with E-state index in [2.05, 4.69) is 123 Å². The molecule has 2 atom stereocenters. The first-order chi connectivity index (χ1) is 57.5. The molecular formula is C90H78N14O14. The molecule has 8 amide bonds. The van der Waals surface area contributed by atoms with Crippen molar-refractivity contribution in [2.75, 3.05) is 49.2 Å². The van der Waals surface area contributed by atoms with Gasteiger partial charge in [-0.3, -0.25) is 73.7 Å². The topological polar surface area (TPSA) is 316 Å². The van der Waals surface area contributed by atoms with E-state index in [1.54, 1.807) is 42.7 Å². The number of nitrogens with zero attached hydrogens (tertiary/aromatic N) is 12. The van der Waals surface area contributed by atoms with Gasteiger partial charge in [-0.2, -0.15) is 0 Å². The van der Waals surface area contributed by atoms with Crippen LogP contribution in [-0.4, -0.2) is 184 Å². The Morgan fingerprint density at radius 3 is 1.36 bits per heavy atom. The van der Waals surface area contributed by atoms with Gasteiger partial charge in [-0.25, -0.2) is 15.0 Å². The number of imide groups is 4. The summed E-state index contributed by atoms with van der Waals surface area (Å²) in [6, 6.07) is 40.8. The molecule has 4 aromatic carbocycles. The molecule has 4 saturated heterocycles. The zero-order chi connectivity index (χ0) is 80.4. The molecule has 6 aliphatic heterocycles. The fraction of sp³-hybridized carbons (Fsp3) is 0.289. The number of benzene rings is 4. The highest BCUT2D eigenvalue weighted by Gasteiger charge is 2.47. The Morgan fingerprint density at radius 2 is 0.898 bits per heavy atom. The van der Waals surface area contributed by atoms with Crippen molar-refractivity contribution in [3.8, 4) is 57.4 Å². The highest BCUT2D eigenvalue weighted by molar-refractivity contribution is 6.25. The Bertz CT molecular complexity index is 6120. The molecule has 8 aliphatic rings. The lowest BCUT2D eigenvalue weighted by Crippen LogP contribution is -2.54. The number of piperidine rings is 2.